The third-order valence-corrected chi connectivity index (χ3v) is 2.73. The van der Waals surface area contributed by atoms with Crippen LogP contribution in [0.15, 0.2) is 0 Å². The fourth-order valence-electron chi connectivity index (χ4n) is 0.183. The van der Waals surface area contributed by atoms with Gasteiger partial charge in [0.2, 0.25) is 0 Å². The zero-order valence-electron chi connectivity index (χ0n) is 5.47. The van der Waals surface area contributed by atoms with Crippen molar-refractivity contribution in [2.75, 3.05) is 21.1 Å². The van der Waals surface area contributed by atoms with E-state index in [-0.39, 0.29) is 0 Å². The van der Waals surface area contributed by atoms with Gasteiger partial charge in [-0.25, -0.2) is 13.2 Å². The number of hydrogen-bond acceptors (Lipinski definition) is 1. The fraction of sp³-hybridized carbons (Fsp3) is 0.750. The van der Waals surface area contributed by atoms with Crippen molar-refractivity contribution < 1.29 is 4.21 Å². The molecular weight excluding hydrogens is 124 g/mol. The molecule has 0 radical (unpaired) electrons. The van der Waals surface area contributed by atoms with Gasteiger partial charge in [-0.3, -0.25) is 0 Å². The summed E-state index contributed by atoms with van der Waals surface area (Å²) in [6.45, 7) is 0. The topological polar surface area (TPSA) is 32.3 Å². The number of rotatable bonds is 2. The Bertz CT molecular complexity index is 147. The highest BCUT2D eigenvalue weighted by Gasteiger charge is 1.98. The Balaban J connectivity index is 4.17. The lowest BCUT2D eigenvalue weighted by Gasteiger charge is -2.14. The van der Waals surface area contributed by atoms with Crippen molar-refractivity contribution in [2.24, 2.45) is 0 Å². The summed E-state index contributed by atoms with van der Waals surface area (Å²) in [5.74, 6) is 3.43. The van der Waals surface area contributed by atoms with Crippen molar-refractivity contribution in [1.82, 2.24) is 9.03 Å². The average Bonchev–Trinajstić information content (AvgIpc) is 1.67. The molecule has 0 aliphatic heterocycles. The van der Waals surface area contributed by atoms with E-state index in [0.29, 0.717) is 0 Å². The summed E-state index contributed by atoms with van der Waals surface area (Å²) >= 11 is 0. The lowest BCUT2D eigenvalue weighted by molar-refractivity contribution is 0.591. The van der Waals surface area contributed by atoms with E-state index >= 15 is 0 Å². The molecule has 0 spiro atoms. The quantitative estimate of drug-likeness (QED) is 0.501. The van der Waals surface area contributed by atoms with E-state index in [2.05, 4.69) is 10.6 Å². The van der Waals surface area contributed by atoms with Crippen LogP contribution in [0.2, 0.25) is 0 Å². The molecule has 0 heterocycles. The highest BCUT2D eigenvalue weighted by Crippen LogP contribution is 1.83. The van der Waals surface area contributed by atoms with Crippen LogP contribution in [0.3, 0.4) is 0 Å². The second-order valence-electron chi connectivity index (χ2n) is 1.66. The molecule has 8 heavy (non-hydrogen) atoms. The Kier molecular flexibility index (Phi) is 2.46. The SMILES string of the molecule is C=S(=O)(NC)N(C)C. The summed E-state index contributed by atoms with van der Waals surface area (Å²) in [5, 5.41) is 0. The Morgan fingerprint density at radius 3 is 2.00 bits per heavy atom. The van der Waals surface area contributed by atoms with Crippen molar-refractivity contribution in [2.45, 2.75) is 0 Å². The van der Waals surface area contributed by atoms with Gasteiger partial charge in [0.25, 0.3) is 0 Å². The highest BCUT2D eigenvalue weighted by atomic mass is 32.2. The van der Waals surface area contributed by atoms with Crippen LogP contribution in [0.1, 0.15) is 0 Å². The second-order valence-corrected chi connectivity index (χ2v) is 4.08. The summed E-state index contributed by atoms with van der Waals surface area (Å²) in [5.41, 5.74) is 0. The van der Waals surface area contributed by atoms with Crippen LogP contribution in [0.5, 0.6) is 0 Å². The van der Waals surface area contributed by atoms with E-state index in [1.807, 2.05) is 0 Å². The van der Waals surface area contributed by atoms with Gasteiger partial charge in [0, 0.05) is 14.1 Å². The first-order valence-corrected chi connectivity index (χ1v) is 3.92. The zero-order valence-corrected chi connectivity index (χ0v) is 6.29. The van der Waals surface area contributed by atoms with Crippen molar-refractivity contribution in [3.05, 3.63) is 0 Å². The summed E-state index contributed by atoms with van der Waals surface area (Å²) in [6, 6.07) is 0. The first-order chi connectivity index (χ1) is 3.50. The van der Waals surface area contributed by atoms with Crippen molar-refractivity contribution in [1.29, 1.82) is 0 Å². The minimum Gasteiger partial charge on any atom is -0.237 e. The number of nitrogens with zero attached hydrogens (tertiary/aromatic N) is 1. The normalized spacial score (nSPS) is 18.5. The minimum absolute atomic E-state index is 1.55. The first kappa shape index (κ1) is 7.94. The van der Waals surface area contributed by atoms with Gasteiger partial charge >= 0.3 is 0 Å². The van der Waals surface area contributed by atoms with Crippen molar-refractivity contribution in [3.8, 4) is 0 Å². The van der Waals surface area contributed by atoms with Crippen LogP contribution in [0.25, 0.3) is 0 Å². The molecule has 1 N–H and O–H groups in total. The molecule has 0 aromatic heterocycles. The number of hydrogen-bond donors (Lipinski definition) is 1. The maximum Gasteiger partial charge on any atom is 0.0869 e. The lowest BCUT2D eigenvalue weighted by Crippen LogP contribution is -2.32. The molecule has 1 unspecified atom stereocenters. The average molecular weight is 136 g/mol. The molecular formula is C4H12N2OS. The van der Waals surface area contributed by atoms with Crippen LogP contribution in [-0.4, -0.2) is 35.5 Å². The first-order valence-electron chi connectivity index (χ1n) is 2.24. The van der Waals surface area contributed by atoms with Crippen LogP contribution in [-0.2, 0) is 9.89 Å². The molecule has 3 nitrogen and oxygen atoms in total. The second kappa shape index (κ2) is 2.48. The van der Waals surface area contributed by atoms with Gasteiger partial charge in [-0.2, -0.15) is 0 Å². The van der Waals surface area contributed by atoms with Gasteiger partial charge in [-0.05, 0) is 12.9 Å². The third-order valence-electron chi connectivity index (χ3n) is 0.909. The van der Waals surface area contributed by atoms with E-state index in [4.69, 9.17) is 0 Å². The molecule has 0 amide bonds. The Labute approximate surface area is 51.0 Å². The van der Waals surface area contributed by atoms with E-state index in [1.165, 1.54) is 0 Å². The highest BCUT2D eigenvalue weighted by molar-refractivity contribution is 7.96. The fourth-order valence-corrected chi connectivity index (χ4v) is 0.548. The molecule has 0 rings (SSSR count). The molecule has 0 fully saturated rings. The van der Waals surface area contributed by atoms with Crippen molar-refractivity contribution >= 4 is 15.8 Å². The molecule has 0 saturated heterocycles. The van der Waals surface area contributed by atoms with Crippen LogP contribution >= 0.6 is 0 Å². The standard InChI is InChI=1S/C4H12N2OS/c1-5-8(4,7)6(2)3/h4H2,1-3H3,(H,5,7). The largest absolute Gasteiger partial charge is 0.237 e. The molecule has 0 aliphatic carbocycles. The van der Waals surface area contributed by atoms with Gasteiger partial charge < -0.3 is 0 Å². The summed E-state index contributed by atoms with van der Waals surface area (Å²) in [6.07, 6.45) is 0. The van der Waals surface area contributed by atoms with E-state index in [9.17, 15) is 4.21 Å². The predicted octanol–water partition coefficient (Wildman–Crippen LogP) is -0.686. The maximum absolute atomic E-state index is 11.0. The minimum atomic E-state index is -2.15. The van der Waals surface area contributed by atoms with Gasteiger partial charge in [0.15, 0.2) is 0 Å². The monoisotopic (exact) mass is 136 g/mol. The Morgan fingerprint density at radius 1 is 1.62 bits per heavy atom. The van der Waals surface area contributed by atoms with Gasteiger partial charge in [0.1, 0.15) is 0 Å². The molecule has 0 bridgehead atoms. The molecule has 4 heteroatoms. The smallest absolute Gasteiger partial charge is 0.0869 e. The van der Waals surface area contributed by atoms with E-state index in [1.54, 1.807) is 25.4 Å². The molecule has 0 saturated carbocycles. The molecule has 1 atom stereocenters. The number of nitrogens with one attached hydrogen (secondary N) is 1. The zero-order chi connectivity index (χ0) is 6.78. The Hall–Kier alpha value is -0.0600. The van der Waals surface area contributed by atoms with Gasteiger partial charge in [0.05, 0.1) is 9.89 Å². The molecule has 50 valence electrons. The summed E-state index contributed by atoms with van der Waals surface area (Å²) in [7, 11) is 2.90. The third kappa shape index (κ3) is 1.81. The van der Waals surface area contributed by atoms with Gasteiger partial charge in [-0.1, -0.05) is 0 Å². The maximum atomic E-state index is 11.0. The van der Waals surface area contributed by atoms with Crippen LogP contribution in [0, 0.1) is 0 Å². The summed E-state index contributed by atoms with van der Waals surface area (Å²) in [4.78, 5) is 0. The van der Waals surface area contributed by atoms with E-state index < -0.39 is 9.89 Å². The predicted molar refractivity (Wildman–Crippen MR) is 38.0 cm³/mol. The van der Waals surface area contributed by atoms with Crippen LogP contribution < -0.4 is 4.72 Å². The molecule has 0 aromatic rings. The summed E-state index contributed by atoms with van der Waals surface area (Å²) < 4.78 is 15.1. The lowest BCUT2D eigenvalue weighted by atomic mass is 11.3. The van der Waals surface area contributed by atoms with Crippen LogP contribution in [0.4, 0.5) is 0 Å². The Morgan fingerprint density at radius 2 is 2.00 bits per heavy atom. The van der Waals surface area contributed by atoms with Gasteiger partial charge in [-0.15, -0.1) is 0 Å². The van der Waals surface area contributed by atoms with E-state index in [0.717, 1.165) is 0 Å². The van der Waals surface area contributed by atoms with Crippen molar-refractivity contribution in [3.63, 3.8) is 0 Å². The molecule has 0 aromatic carbocycles. The molecule has 0 aliphatic rings.